The molecule has 1 saturated carbocycles. The van der Waals surface area contributed by atoms with Crippen molar-refractivity contribution in [2.75, 3.05) is 12.9 Å². The molecule has 0 aromatic carbocycles. The number of thioether (sulfide) groups is 1. The van der Waals surface area contributed by atoms with Gasteiger partial charge in [0.25, 0.3) is 5.89 Å². The third-order valence-corrected chi connectivity index (χ3v) is 3.85. The summed E-state index contributed by atoms with van der Waals surface area (Å²) >= 11 is 1.32. The fraction of sp³-hybridized carbons (Fsp3) is 0.385. The molecule has 0 spiro atoms. The van der Waals surface area contributed by atoms with Gasteiger partial charge >= 0.3 is 5.97 Å². The molecule has 1 aliphatic rings. The first-order chi connectivity index (χ1) is 9.76. The number of hydrogen-bond donors (Lipinski definition) is 0. The zero-order valence-corrected chi connectivity index (χ0v) is 11.7. The van der Waals surface area contributed by atoms with Gasteiger partial charge in [-0.1, -0.05) is 16.9 Å². The summed E-state index contributed by atoms with van der Waals surface area (Å²) in [4.78, 5) is 19.7. The standard InChI is InChI=1S/C13H13N3O3S/c1-18-11(17)7-20-10-5-4-9(6-14-10)13-15-12(16-19-13)8-2-3-8/h4-6,8H,2-3,7H2,1H3. The Balaban J connectivity index is 1.66. The van der Waals surface area contributed by atoms with E-state index < -0.39 is 0 Å². The Kier molecular flexibility index (Phi) is 3.68. The molecule has 2 aromatic heterocycles. The molecule has 20 heavy (non-hydrogen) atoms. The molecule has 0 aliphatic heterocycles. The van der Waals surface area contributed by atoms with Crippen LogP contribution in [0.1, 0.15) is 24.6 Å². The first kappa shape index (κ1) is 13.1. The highest BCUT2D eigenvalue weighted by Gasteiger charge is 2.28. The van der Waals surface area contributed by atoms with Gasteiger partial charge in [0, 0.05) is 12.1 Å². The van der Waals surface area contributed by atoms with E-state index >= 15 is 0 Å². The molecule has 104 valence electrons. The van der Waals surface area contributed by atoms with E-state index in [9.17, 15) is 4.79 Å². The maximum Gasteiger partial charge on any atom is 0.316 e. The lowest BCUT2D eigenvalue weighted by Crippen LogP contribution is -2.03. The first-order valence-corrected chi connectivity index (χ1v) is 7.24. The average Bonchev–Trinajstić information content (AvgIpc) is 3.23. The maximum absolute atomic E-state index is 11.0. The Labute approximate surface area is 119 Å². The molecule has 3 rings (SSSR count). The molecular formula is C13H13N3O3S. The number of ether oxygens (including phenoxy) is 1. The van der Waals surface area contributed by atoms with E-state index in [1.165, 1.54) is 18.9 Å². The van der Waals surface area contributed by atoms with Crippen molar-refractivity contribution in [3.8, 4) is 11.5 Å². The largest absolute Gasteiger partial charge is 0.468 e. The molecule has 2 heterocycles. The fourth-order valence-electron chi connectivity index (χ4n) is 1.64. The van der Waals surface area contributed by atoms with Crippen molar-refractivity contribution in [1.82, 2.24) is 15.1 Å². The van der Waals surface area contributed by atoms with Crippen LogP contribution in [-0.4, -0.2) is 34.0 Å². The summed E-state index contributed by atoms with van der Waals surface area (Å²) < 4.78 is 9.80. The van der Waals surface area contributed by atoms with Crippen LogP contribution in [-0.2, 0) is 9.53 Å². The van der Waals surface area contributed by atoms with E-state index in [2.05, 4.69) is 19.9 Å². The number of carbonyl (C=O) groups is 1. The van der Waals surface area contributed by atoms with Gasteiger partial charge in [-0.25, -0.2) is 4.98 Å². The van der Waals surface area contributed by atoms with E-state index in [4.69, 9.17) is 4.52 Å². The molecule has 7 heteroatoms. The Morgan fingerprint density at radius 2 is 2.35 bits per heavy atom. The molecule has 1 aliphatic carbocycles. The van der Waals surface area contributed by atoms with E-state index in [1.807, 2.05) is 12.1 Å². The van der Waals surface area contributed by atoms with Gasteiger partial charge in [-0.3, -0.25) is 4.79 Å². The molecule has 0 bridgehead atoms. The second kappa shape index (κ2) is 5.62. The molecule has 2 aromatic rings. The number of rotatable bonds is 5. The van der Waals surface area contributed by atoms with Crippen molar-refractivity contribution in [1.29, 1.82) is 0 Å². The number of methoxy groups -OCH3 is 1. The molecule has 6 nitrogen and oxygen atoms in total. The van der Waals surface area contributed by atoms with Crippen LogP contribution < -0.4 is 0 Å². The summed E-state index contributed by atoms with van der Waals surface area (Å²) in [6.07, 6.45) is 3.95. The lowest BCUT2D eigenvalue weighted by atomic mass is 10.3. The summed E-state index contributed by atoms with van der Waals surface area (Å²) in [5.41, 5.74) is 0.784. The second-order valence-electron chi connectivity index (χ2n) is 4.48. The summed E-state index contributed by atoms with van der Waals surface area (Å²) in [7, 11) is 1.37. The van der Waals surface area contributed by atoms with Crippen molar-refractivity contribution in [3.05, 3.63) is 24.2 Å². The predicted octanol–water partition coefficient (Wildman–Crippen LogP) is 2.27. The predicted molar refractivity (Wildman–Crippen MR) is 72.2 cm³/mol. The number of nitrogens with zero attached hydrogens (tertiary/aromatic N) is 3. The van der Waals surface area contributed by atoms with Gasteiger partial charge in [-0.15, -0.1) is 0 Å². The zero-order chi connectivity index (χ0) is 13.9. The number of pyridine rings is 1. The Morgan fingerprint density at radius 3 is 3.00 bits per heavy atom. The summed E-state index contributed by atoms with van der Waals surface area (Å²) in [5.74, 6) is 1.71. The fourth-order valence-corrected chi connectivity index (χ4v) is 2.32. The molecule has 0 amide bonds. The topological polar surface area (TPSA) is 78.1 Å². The van der Waals surface area contributed by atoms with Gasteiger partial charge in [0.2, 0.25) is 0 Å². The minimum Gasteiger partial charge on any atom is -0.468 e. The van der Waals surface area contributed by atoms with Crippen LogP contribution in [0.5, 0.6) is 0 Å². The third-order valence-electron chi connectivity index (χ3n) is 2.93. The molecule has 0 atom stereocenters. The Hall–Kier alpha value is -1.89. The van der Waals surface area contributed by atoms with Crippen molar-refractivity contribution < 1.29 is 14.1 Å². The number of aromatic nitrogens is 3. The average molecular weight is 291 g/mol. The van der Waals surface area contributed by atoms with Gasteiger partial charge < -0.3 is 9.26 Å². The lowest BCUT2D eigenvalue weighted by Gasteiger charge is -2.00. The first-order valence-electron chi connectivity index (χ1n) is 6.26. The van der Waals surface area contributed by atoms with Crippen LogP contribution in [0.2, 0.25) is 0 Å². The number of hydrogen-bond acceptors (Lipinski definition) is 7. The normalized spacial score (nSPS) is 14.2. The molecular weight excluding hydrogens is 278 g/mol. The highest BCUT2D eigenvalue weighted by molar-refractivity contribution is 7.99. The highest BCUT2D eigenvalue weighted by Crippen LogP contribution is 2.38. The lowest BCUT2D eigenvalue weighted by molar-refractivity contribution is -0.137. The number of carbonyl (C=O) groups excluding carboxylic acids is 1. The van der Waals surface area contributed by atoms with Crippen LogP contribution in [0.15, 0.2) is 27.9 Å². The van der Waals surface area contributed by atoms with Crippen molar-refractivity contribution in [2.45, 2.75) is 23.8 Å². The van der Waals surface area contributed by atoms with Gasteiger partial charge in [-0.05, 0) is 25.0 Å². The summed E-state index contributed by atoms with van der Waals surface area (Å²) in [6.45, 7) is 0. The van der Waals surface area contributed by atoms with Crippen LogP contribution in [0.4, 0.5) is 0 Å². The molecule has 1 fully saturated rings. The Bertz CT molecular complexity index is 608. The highest BCUT2D eigenvalue weighted by atomic mass is 32.2. The minimum atomic E-state index is -0.271. The van der Waals surface area contributed by atoms with Gasteiger partial charge in [0.05, 0.1) is 23.5 Å². The van der Waals surface area contributed by atoms with Crippen molar-refractivity contribution in [3.63, 3.8) is 0 Å². The van der Waals surface area contributed by atoms with Crippen LogP contribution in [0, 0.1) is 0 Å². The third kappa shape index (κ3) is 2.98. The summed E-state index contributed by atoms with van der Waals surface area (Å²) in [6, 6.07) is 3.68. The van der Waals surface area contributed by atoms with E-state index in [-0.39, 0.29) is 11.7 Å². The summed E-state index contributed by atoms with van der Waals surface area (Å²) in [5, 5.41) is 4.72. The van der Waals surface area contributed by atoms with Crippen molar-refractivity contribution in [2.24, 2.45) is 0 Å². The van der Waals surface area contributed by atoms with Crippen molar-refractivity contribution >= 4 is 17.7 Å². The van der Waals surface area contributed by atoms with Gasteiger partial charge in [0.15, 0.2) is 5.82 Å². The quantitative estimate of drug-likeness (QED) is 0.617. The SMILES string of the molecule is COC(=O)CSc1ccc(-c2nc(C3CC3)no2)cn1. The van der Waals surface area contributed by atoms with Gasteiger partial charge in [0.1, 0.15) is 0 Å². The number of esters is 1. The van der Waals surface area contributed by atoms with E-state index in [1.54, 1.807) is 6.20 Å². The Morgan fingerprint density at radius 1 is 1.50 bits per heavy atom. The van der Waals surface area contributed by atoms with Crippen LogP contribution >= 0.6 is 11.8 Å². The van der Waals surface area contributed by atoms with E-state index in [0.717, 1.165) is 29.3 Å². The molecule has 0 N–H and O–H groups in total. The monoisotopic (exact) mass is 291 g/mol. The maximum atomic E-state index is 11.0. The molecule has 0 saturated heterocycles. The molecule has 0 radical (unpaired) electrons. The van der Waals surface area contributed by atoms with Crippen LogP contribution in [0.25, 0.3) is 11.5 Å². The van der Waals surface area contributed by atoms with Crippen LogP contribution in [0.3, 0.4) is 0 Å². The van der Waals surface area contributed by atoms with E-state index in [0.29, 0.717) is 11.8 Å². The van der Waals surface area contributed by atoms with Gasteiger partial charge in [-0.2, -0.15) is 4.98 Å². The smallest absolute Gasteiger partial charge is 0.316 e. The second-order valence-corrected chi connectivity index (χ2v) is 5.48. The minimum absolute atomic E-state index is 0.245. The zero-order valence-electron chi connectivity index (χ0n) is 10.9. The molecule has 0 unspecified atom stereocenters.